The van der Waals surface area contributed by atoms with Crippen molar-refractivity contribution in [2.45, 2.75) is 54.9 Å². The van der Waals surface area contributed by atoms with Gasteiger partial charge in [-0.05, 0) is 26.3 Å². The molecule has 0 aromatic heterocycles. The molecule has 7 heteroatoms. The van der Waals surface area contributed by atoms with E-state index in [0.717, 1.165) is 30.9 Å². The van der Waals surface area contributed by atoms with Crippen molar-refractivity contribution in [2.75, 3.05) is 33.7 Å². The molecule has 0 radical (unpaired) electrons. The molecule has 0 unspecified atom stereocenters. The minimum absolute atomic E-state index is 0.193. The largest absolute Gasteiger partial charge is 0.387 e. The van der Waals surface area contributed by atoms with E-state index in [1.54, 1.807) is 24.7 Å². The normalized spacial score (nSPS) is 11.8. The lowest BCUT2D eigenvalue weighted by Crippen LogP contribution is -2.33. The Bertz CT molecular complexity index is 632. The highest BCUT2D eigenvalue weighted by Crippen LogP contribution is 2.09. The van der Waals surface area contributed by atoms with E-state index in [2.05, 4.69) is 34.0 Å². The minimum Gasteiger partial charge on any atom is -0.387 e. The van der Waals surface area contributed by atoms with E-state index < -0.39 is 0 Å². The maximum atomic E-state index is 12.2. The Hall–Kier alpha value is -2.96. The van der Waals surface area contributed by atoms with Crippen LogP contribution in [-0.4, -0.2) is 55.7 Å². The van der Waals surface area contributed by atoms with E-state index in [1.807, 2.05) is 72.7 Å². The number of carbonyl (C=O) groups is 1. The van der Waals surface area contributed by atoms with Gasteiger partial charge in [0.1, 0.15) is 5.82 Å². The Kier molecular flexibility index (Phi) is 25.6. The average Bonchev–Trinajstić information content (AvgIpc) is 2.83. The van der Waals surface area contributed by atoms with Crippen molar-refractivity contribution in [3.8, 4) is 0 Å². The molecule has 0 saturated heterocycles. The molecule has 0 heterocycles. The quantitative estimate of drug-likeness (QED) is 0.128. The first-order chi connectivity index (χ1) is 15.4. The lowest BCUT2D eigenvalue weighted by atomic mass is 10.2. The number of hydrogen-bond acceptors (Lipinski definition) is 6. The van der Waals surface area contributed by atoms with Crippen LogP contribution in [0.15, 0.2) is 65.5 Å². The summed E-state index contributed by atoms with van der Waals surface area (Å²) in [5.41, 5.74) is 7.71. The van der Waals surface area contributed by atoms with E-state index in [9.17, 15) is 4.79 Å². The van der Waals surface area contributed by atoms with Gasteiger partial charge in [0.25, 0.3) is 0 Å². The van der Waals surface area contributed by atoms with Gasteiger partial charge in [-0.1, -0.05) is 46.8 Å². The van der Waals surface area contributed by atoms with E-state index in [4.69, 9.17) is 5.73 Å². The highest BCUT2D eigenvalue weighted by Gasteiger charge is 2.09. The zero-order valence-corrected chi connectivity index (χ0v) is 21.9. The summed E-state index contributed by atoms with van der Waals surface area (Å²) < 4.78 is 0. The molecular formula is C25H48N6O. The predicted octanol–water partition coefficient (Wildman–Crippen LogP) is 4.35. The van der Waals surface area contributed by atoms with E-state index in [-0.39, 0.29) is 5.91 Å². The van der Waals surface area contributed by atoms with Crippen LogP contribution < -0.4 is 16.4 Å². The topological polar surface area (TPSA) is 86.0 Å². The van der Waals surface area contributed by atoms with Crippen molar-refractivity contribution in [3.05, 3.63) is 60.5 Å². The van der Waals surface area contributed by atoms with Crippen LogP contribution in [0.4, 0.5) is 0 Å². The van der Waals surface area contributed by atoms with Crippen LogP contribution >= 0.6 is 0 Å². The lowest BCUT2D eigenvalue weighted by Gasteiger charge is -2.26. The molecule has 0 fully saturated rings. The fourth-order valence-electron chi connectivity index (χ4n) is 2.00. The molecular weight excluding hydrogens is 400 g/mol. The third-order valence-corrected chi connectivity index (χ3v) is 3.92. The number of allylic oxidation sites excluding steroid dienone is 3. The molecule has 4 N–H and O–H groups in total. The van der Waals surface area contributed by atoms with Crippen molar-refractivity contribution < 1.29 is 4.79 Å². The first-order valence-corrected chi connectivity index (χ1v) is 11.4. The van der Waals surface area contributed by atoms with Crippen molar-refractivity contribution in [3.63, 3.8) is 0 Å². The zero-order chi connectivity index (χ0) is 25.4. The van der Waals surface area contributed by atoms with Crippen LogP contribution in [0.25, 0.3) is 0 Å². The van der Waals surface area contributed by atoms with Gasteiger partial charge in [-0.2, -0.15) is 0 Å². The van der Waals surface area contributed by atoms with Crippen LogP contribution in [-0.2, 0) is 4.79 Å². The molecule has 1 amide bonds. The monoisotopic (exact) mass is 448 g/mol. The van der Waals surface area contributed by atoms with Crippen LogP contribution in [0.2, 0.25) is 0 Å². The second kappa shape index (κ2) is 24.3. The summed E-state index contributed by atoms with van der Waals surface area (Å²) in [7, 11) is 3.91. The molecule has 0 spiro atoms. The fraction of sp³-hybridized carbons (Fsp3) is 0.520. The van der Waals surface area contributed by atoms with Gasteiger partial charge in [-0.25, -0.2) is 0 Å². The number of nitrogens with zero attached hydrogens (tertiary/aromatic N) is 3. The molecule has 0 aromatic carbocycles. The number of rotatable bonds is 13. The summed E-state index contributed by atoms with van der Waals surface area (Å²) in [5, 5.41) is 5.89. The fourth-order valence-corrected chi connectivity index (χ4v) is 2.00. The summed E-state index contributed by atoms with van der Waals surface area (Å²) in [6, 6.07) is 0. The highest BCUT2D eigenvalue weighted by molar-refractivity contribution is 5.89. The third kappa shape index (κ3) is 17.9. The van der Waals surface area contributed by atoms with Crippen LogP contribution in [0, 0.1) is 0 Å². The number of carbonyl (C=O) groups excluding carboxylic acids is 1. The van der Waals surface area contributed by atoms with Gasteiger partial charge < -0.3 is 26.2 Å². The molecule has 0 aliphatic carbocycles. The summed E-state index contributed by atoms with van der Waals surface area (Å²) in [6.07, 6.45) is 13.0. The second-order valence-corrected chi connectivity index (χ2v) is 6.13. The van der Waals surface area contributed by atoms with Crippen molar-refractivity contribution in [2.24, 2.45) is 10.7 Å². The molecule has 0 aliphatic rings. The van der Waals surface area contributed by atoms with Gasteiger partial charge in [0.2, 0.25) is 5.91 Å². The second-order valence-electron chi connectivity index (χ2n) is 6.13. The molecule has 0 rings (SSSR count). The van der Waals surface area contributed by atoms with Crippen molar-refractivity contribution in [1.29, 1.82) is 0 Å². The molecule has 7 nitrogen and oxygen atoms in total. The molecule has 0 bridgehead atoms. The van der Waals surface area contributed by atoms with Crippen molar-refractivity contribution >= 4 is 12.1 Å². The first kappa shape index (κ1) is 33.7. The Morgan fingerprint density at radius 2 is 1.69 bits per heavy atom. The van der Waals surface area contributed by atoms with Crippen LogP contribution in [0.1, 0.15) is 54.9 Å². The van der Waals surface area contributed by atoms with Gasteiger partial charge in [0, 0.05) is 57.9 Å². The van der Waals surface area contributed by atoms with E-state index in [0.29, 0.717) is 12.4 Å². The van der Waals surface area contributed by atoms with Gasteiger partial charge in [0.05, 0.1) is 11.9 Å². The molecule has 0 aromatic rings. The summed E-state index contributed by atoms with van der Waals surface area (Å²) in [5.74, 6) is 0.409. The number of aliphatic imine (C=N–C) groups is 1. The molecule has 0 aliphatic heterocycles. The molecule has 0 atom stereocenters. The van der Waals surface area contributed by atoms with Gasteiger partial charge in [-0.3, -0.25) is 9.79 Å². The lowest BCUT2D eigenvalue weighted by molar-refractivity contribution is -0.115. The Labute approximate surface area is 197 Å². The Balaban J connectivity index is -0.00000198. The van der Waals surface area contributed by atoms with Crippen LogP contribution in [0.5, 0.6) is 0 Å². The van der Waals surface area contributed by atoms with Crippen molar-refractivity contribution in [1.82, 2.24) is 20.4 Å². The smallest absolute Gasteiger partial charge is 0.249 e. The molecule has 0 saturated carbocycles. The van der Waals surface area contributed by atoms with E-state index in [1.165, 1.54) is 6.08 Å². The summed E-state index contributed by atoms with van der Waals surface area (Å²) in [4.78, 5) is 20.2. The molecule has 32 heavy (non-hydrogen) atoms. The summed E-state index contributed by atoms with van der Waals surface area (Å²) in [6.45, 7) is 19.6. The van der Waals surface area contributed by atoms with Gasteiger partial charge in [0.15, 0.2) is 0 Å². The third-order valence-electron chi connectivity index (χ3n) is 3.92. The van der Waals surface area contributed by atoms with E-state index >= 15 is 0 Å². The Morgan fingerprint density at radius 1 is 1.09 bits per heavy atom. The van der Waals surface area contributed by atoms with Gasteiger partial charge in [-0.15, -0.1) is 6.58 Å². The highest BCUT2D eigenvalue weighted by atomic mass is 16.1. The standard InChI is InChI=1S/C21H36N6O.2C2H6/c1-7-10-11-19(25-21(28)12-14-24-13-8-2)18(4)26(5)15-16-27(6)20(22)17-23-9-3;2*1-2/h8-12,14,17,24H,2,7,13,15-16,22H2,1,3-6H3,(H,25,28);2*1-2H3/b11-10-,14-12+,19-18-,20-17+,23-9?;;. The zero-order valence-electron chi connectivity index (χ0n) is 21.9. The number of nitrogens with one attached hydrogen (secondary N) is 2. The Morgan fingerprint density at radius 3 is 2.22 bits per heavy atom. The number of likely N-dealkylation sites (N-methyl/N-ethyl adjacent to an activating group) is 2. The average molecular weight is 449 g/mol. The minimum atomic E-state index is -0.193. The summed E-state index contributed by atoms with van der Waals surface area (Å²) >= 11 is 0. The molecule has 184 valence electrons. The van der Waals surface area contributed by atoms with Crippen LogP contribution in [0.3, 0.4) is 0 Å². The SMILES string of the molecule is C=CCN/C=C/C(=O)NC(/C=C\CC)=C(/C)N(C)CCN(C)/C(N)=C/N=CC.CC.CC. The number of nitrogens with two attached hydrogens (primary N) is 1. The first-order valence-electron chi connectivity index (χ1n) is 11.4. The van der Waals surface area contributed by atoms with Gasteiger partial charge >= 0.3 is 0 Å². The number of amides is 1. The number of hydrogen-bond donors (Lipinski definition) is 3. The predicted molar refractivity (Wildman–Crippen MR) is 142 cm³/mol. The maximum absolute atomic E-state index is 12.2. The maximum Gasteiger partial charge on any atom is 0.249 e.